The molecule has 2 aliphatic rings. The zero-order valence-electron chi connectivity index (χ0n) is 16.1. The van der Waals surface area contributed by atoms with Crippen LogP contribution in [0.1, 0.15) is 23.1 Å². The lowest BCUT2D eigenvalue weighted by molar-refractivity contribution is -0.385. The van der Waals surface area contributed by atoms with Gasteiger partial charge in [0.15, 0.2) is 0 Å². The first-order valence-electron chi connectivity index (χ1n) is 8.56. The van der Waals surface area contributed by atoms with Crippen molar-refractivity contribution in [1.82, 2.24) is 20.0 Å². The van der Waals surface area contributed by atoms with Crippen molar-refractivity contribution in [2.45, 2.75) is 25.3 Å². The molecule has 2 amide bonds. The van der Waals surface area contributed by atoms with Crippen molar-refractivity contribution in [3.05, 3.63) is 32.8 Å². The Kier molecular flexibility index (Phi) is 5.52. The number of nitrogens with zero attached hydrogens (tertiary/aromatic N) is 4. The fourth-order valence-electron chi connectivity index (χ4n) is 3.16. The molecule has 14 heteroatoms. The zero-order chi connectivity index (χ0) is 22.3. The molecule has 30 heavy (non-hydrogen) atoms. The zero-order valence-corrected chi connectivity index (χ0v) is 16.9. The van der Waals surface area contributed by atoms with E-state index in [0.29, 0.717) is 0 Å². The Labute approximate surface area is 173 Å². The van der Waals surface area contributed by atoms with Gasteiger partial charge in [-0.25, -0.2) is 4.79 Å². The molecule has 2 aliphatic heterocycles. The van der Waals surface area contributed by atoms with E-state index < -0.39 is 51.5 Å². The molecule has 1 fully saturated rings. The fourth-order valence-corrected chi connectivity index (χ4v) is 4.49. The van der Waals surface area contributed by atoms with Crippen molar-refractivity contribution in [3.63, 3.8) is 0 Å². The Hall–Kier alpha value is -3.42. The number of nitro groups is 1. The van der Waals surface area contributed by atoms with Gasteiger partial charge >= 0.3 is 17.6 Å². The van der Waals surface area contributed by atoms with E-state index in [2.05, 4.69) is 10.4 Å². The van der Waals surface area contributed by atoms with Gasteiger partial charge < -0.3 is 15.2 Å². The van der Waals surface area contributed by atoms with Crippen LogP contribution in [-0.4, -0.2) is 72.2 Å². The number of esters is 1. The summed E-state index contributed by atoms with van der Waals surface area (Å²) < 4.78 is 6.03. The average molecular weight is 439 g/mol. The van der Waals surface area contributed by atoms with Gasteiger partial charge in [0.25, 0.3) is 11.8 Å². The number of hydrogen-bond donors (Lipinski definition) is 2. The lowest BCUT2D eigenvalue weighted by Gasteiger charge is -2.49. The summed E-state index contributed by atoms with van der Waals surface area (Å²) in [7, 11) is 1.45. The third kappa shape index (κ3) is 3.49. The van der Waals surface area contributed by atoms with Gasteiger partial charge in [0.2, 0.25) is 5.69 Å². The molecule has 0 unspecified atom stereocenters. The molecule has 0 aliphatic carbocycles. The van der Waals surface area contributed by atoms with Crippen molar-refractivity contribution in [2.75, 3.05) is 12.4 Å². The summed E-state index contributed by atoms with van der Waals surface area (Å²) >= 11 is 1.18. The molecule has 0 spiro atoms. The number of carbonyl (C=O) groups is 4. The average Bonchev–Trinajstić information content (AvgIpc) is 2.98. The largest absolute Gasteiger partial charge is 0.477 e. The predicted octanol–water partition coefficient (Wildman–Crippen LogP) is -0.448. The molecular formula is C16H17N5O8S. The molecule has 3 rings (SSSR count). The standard InChI is InChI=1S/C16H17N5O8S/c1-6-11(21(27)28)9(18-19(6)3)13(23)17-10-14(24)20-12(16(25)26)8(4-29-7(2)22)5-30-15(10)20/h10,15H,4-5H2,1-3H3,(H,17,23)(H,25,26)/t10-,15+/m1/s1. The lowest BCUT2D eigenvalue weighted by Crippen LogP contribution is -2.70. The maximum Gasteiger partial charge on any atom is 0.352 e. The molecule has 0 saturated carbocycles. The van der Waals surface area contributed by atoms with E-state index in [0.717, 1.165) is 4.90 Å². The maximum atomic E-state index is 12.6. The number of fused-ring (bicyclic) bond motifs is 1. The monoisotopic (exact) mass is 439 g/mol. The summed E-state index contributed by atoms with van der Waals surface area (Å²) in [6, 6.07) is -1.07. The topological polar surface area (TPSA) is 174 Å². The molecular weight excluding hydrogens is 422 g/mol. The van der Waals surface area contributed by atoms with E-state index in [1.807, 2.05) is 0 Å². The van der Waals surface area contributed by atoms with Gasteiger partial charge in [-0.1, -0.05) is 0 Å². The number of carbonyl (C=O) groups excluding carboxylic acids is 3. The highest BCUT2D eigenvalue weighted by Gasteiger charge is 2.54. The van der Waals surface area contributed by atoms with E-state index in [1.165, 1.54) is 37.3 Å². The highest BCUT2D eigenvalue weighted by Crippen LogP contribution is 2.40. The third-order valence-electron chi connectivity index (χ3n) is 4.69. The number of nitrogens with one attached hydrogen (secondary N) is 1. The van der Waals surface area contributed by atoms with Crippen LogP contribution in [-0.2, 0) is 26.2 Å². The second-order valence-corrected chi connectivity index (χ2v) is 7.67. The Bertz CT molecular complexity index is 1020. The molecule has 2 atom stereocenters. The van der Waals surface area contributed by atoms with Crippen LogP contribution < -0.4 is 5.32 Å². The van der Waals surface area contributed by atoms with Crippen molar-refractivity contribution in [2.24, 2.45) is 7.05 Å². The minimum absolute atomic E-state index is 0.165. The molecule has 0 bridgehead atoms. The molecule has 3 heterocycles. The smallest absolute Gasteiger partial charge is 0.352 e. The number of β-lactam (4-membered cyclic amide) rings is 1. The third-order valence-corrected chi connectivity index (χ3v) is 6.03. The van der Waals surface area contributed by atoms with Gasteiger partial charge in [-0.2, -0.15) is 5.10 Å². The van der Waals surface area contributed by atoms with Gasteiger partial charge in [-0.3, -0.25) is 34.1 Å². The van der Waals surface area contributed by atoms with E-state index in [4.69, 9.17) is 4.74 Å². The minimum Gasteiger partial charge on any atom is -0.477 e. The lowest BCUT2D eigenvalue weighted by atomic mass is 10.0. The number of carboxylic acid groups (broad SMARTS) is 1. The maximum absolute atomic E-state index is 12.6. The Balaban J connectivity index is 1.81. The Morgan fingerprint density at radius 1 is 1.43 bits per heavy atom. The summed E-state index contributed by atoms with van der Waals surface area (Å²) in [4.78, 5) is 59.4. The van der Waals surface area contributed by atoms with Gasteiger partial charge in [-0.05, 0) is 6.92 Å². The molecule has 0 radical (unpaired) electrons. The molecule has 0 aromatic carbocycles. The van der Waals surface area contributed by atoms with Crippen LogP contribution in [0.3, 0.4) is 0 Å². The number of rotatable bonds is 6. The first-order chi connectivity index (χ1) is 14.0. The van der Waals surface area contributed by atoms with E-state index in [1.54, 1.807) is 0 Å². The molecule has 2 N–H and O–H groups in total. The highest BCUT2D eigenvalue weighted by molar-refractivity contribution is 8.00. The molecule has 13 nitrogen and oxygen atoms in total. The van der Waals surface area contributed by atoms with Gasteiger partial charge in [0.05, 0.1) is 4.92 Å². The van der Waals surface area contributed by atoms with Crippen molar-refractivity contribution in [1.29, 1.82) is 0 Å². The van der Waals surface area contributed by atoms with Crippen molar-refractivity contribution >= 4 is 41.2 Å². The molecule has 1 saturated heterocycles. The second kappa shape index (κ2) is 7.78. The summed E-state index contributed by atoms with van der Waals surface area (Å²) in [6.07, 6.45) is 0. The van der Waals surface area contributed by atoms with Gasteiger partial charge in [-0.15, -0.1) is 11.8 Å². The van der Waals surface area contributed by atoms with E-state index >= 15 is 0 Å². The quantitative estimate of drug-likeness (QED) is 0.256. The SMILES string of the molecule is CC(=O)OCC1=C(C(=O)O)N2C(=O)[C@@H](NC(=O)c3nn(C)c(C)c3[N+](=O)[O-])[C@@H]2SC1. The predicted molar refractivity (Wildman–Crippen MR) is 100 cm³/mol. The summed E-state index contributed by atoms with van der Waals surface area (Å²) in [5, 5.41) is 26.3. The Morgan fingerprint density at radius 2 is 2.10 bits per heavy atom. The van der Waals surface area contributed by atoms with Crippen LogP contribution >= 0.6 is 11.8 Å². The number of carboxylic acids is 1. The fraction of sp³-hybridized carbons (Fsp3) is 0.438. The van der Waals surface area contributed by atoms with E-state index in [9.17, 15) is 34.4 Å². The highest BCUT2D eigenvalue weighted by atomic mass is 32.2. The van der Waals surface area contributed by atoms with Crippen molar-refractivity contribution in [3.8, 4) is 0 Å². The summed E-state index contributed by atoms with van der Waals surface area (Å²) in [6.45, 7) is 2.35. The number of aliphatic carboxylic acids is 1. The van der Waals surface area contributed by atoms with Crippen LogP contribution in [0.4, 0.5) is 5.69 Å². The summed E-state index contributed by atoms with van der Waals surface area (Å²) in [5.41, 5.74) is -0.769. The number of ether oxygens (including phenoxy) is 1. The van der Waals surface area contributed by atoms with Crippen LogP contribution in [0.15, 0.2) is 11.3 Å². The van der Waals surface area contributed by atoms with Gasteiger partial charge in [0, 0.05) is 25.3 Å². The van der Waals surface area contributed by atoms with E-state index in [-0.39, 0.29) is 29.3 Å². The Morgan fingerprint density at radius 3 is 2.67 bits per heavy atom. The normalized spacial score (nSPS) is 20.4. The van der Waals surface area contributed by atoms with Crippen LogP contribution in [0, 0.1) is 17.0 Å². The molecule has 160 valence electrons. The van der Waals surface area contributed by atoms with Crippen molar-refractivity contribution < 1.29 is 33.9 Å². The van der Waals surface area contributed by atoms with Crippen LogP contribution in [0.25, 0.3) is 0 Å². The summed E-state index contributed by atoms with van der Waals surface area (Å²) in [5.74, 6) is -3.38. The number of aromatic nitrogens is 2. The number of amides is 2. The van der Waals surface area contributed by atoms with Crippen LogP contribution in [0.5, 0.6) is 0 Å². The number of thioether (sulfide) groups is 1. The number of hydrogen-bond acceptors (Lipinski definition) is 9. The molecule has 1 aromatic heterocycles. The second-order valence-electron chi connectivity index (χ2n) is 6.56. The van der Waals surface area contributed by atoms with Crippen LogP contribution in [0.2, 0.25) is 0 Å². The first kappa shape index (κ1) is 21.3. The minimum atomic E-state index is -1.36. The number of aryl methyl sites for hydroxylation is 1. The molecule has 1 aromatic rings. The van der Waals surface area contributed by atoms with Gasteiger partial charge in [0.1, 0.15) is 29.4 Å². The first-order valence-corrected chi connectivity index (χ1v) is 9.61.